The Morgan fingerprint density at radius 3 is 1.45 bits per heavy atom. The number of allylic oxidation sites excluding steroid dienone is 10. The fourth-order valence-corrected chi connectivity index (χ4v) is 14.7. The van der Waals surface area contributed by atoms with Crippen LogP contribution in [0.3, 0.4) is 0 Å². The molecule has 0 saturated carbocycles. The van der Waals surface area contributed by atoms with Gasteiger partial charge in [0.25, 0.3) is 11.4 Å². The molecule has 2 aliphatic carbocycles. The highest BCUT2D eigenvalue weighted by atomic mass is 16.5. The lowest BCUT2D eigenvalue weighted by Gasteiger charge is -2.44. The standard InChI is InChI=1S/C67H54N6O2/c1-39-21-50(59(37-68)70-3)31-61(74-39)52-24-42-13-15-55(49-27-45-11-7-19-73-20-8-12-46(28-49)66(45)73)57-35-67(34-54(30-52)63(42)57)33-53-29-47(48-25-43-9-5-17-72-18-6-10-44(26-48)65(43)72)23-41-14-16-56(58(36-67)64(41)53)62-32-51(22-40(2)75-62)60(38-69)71-4/h13-16,21-32H,5-12,17-20,33-36H2,1-2H3/b59-50+,60-51+. The molecule has 0 bridgehead atoms. The van der Waals surface area contributed by atoms with E-state index in [1.54, 1.807) is 12.2 Å². The SMILES string of the molecule is [C-]#[N+]/C(C#N)=C1\C=C(C)OC(c2cc3c4c(c(-c5cc6c7c(c5)CCCN7CCC6)ccc4c2)CC2(Cc4cc(-c5cc6c7c(c5)CCCN7CCC6)cc5ccc(C6=C/C(=C(\C#N)[N+]#[C-])C=C(C)O6)c(c45)C2)C3)=C1. The van der Waals surface area contributed by atoms with E-state index < -0.39 is 0 Å². The number of nitrogens with zero attached hydrogens (tertiary/aromatic N) is 6. The minimum absolute atomic E-state index is 0.0423. The normalized spacial score (nSPS) is 21.1. The second-order valence-corrected chi connectivity index (χ2v) is 22.3. The Kier molecular flexibility index (Phi) is 10.4. The van der Waals surface area contributed by atoms with Crippen LogP contribution >= 0.6 is 0 Å². The Balaban J connectivity index is 0.986. The number of ether oxygens (including phenoxy) is 2. The van der Waals surface area contributed by atoms with Crippen LogP contribution in [-0.4, -0.2) is 26.2 Å². The molecule has 6 heterocycles. The Morgan fingerprint density at radius 2 is 0.933 bits per heavy atom. The average molecular weight is 975 g/mol. The largest absolute Gasteiger partial charge is 0.461 e. The van der Waals surface area contributed by atoms with Gasteiger partial charge in [-0.15, -0.1) is 0 Å². The lowest BCUT2D eigenvalue weighted by atomic mass is 9.60. The Hall–Kier alpha value is -8.56. The highest BCUT2D eigenvalue weighted by Gasteiger charge is 2.42. The first-order chi connectivity index (χ1) is 36.7. The summed E-state index contributed by atoms with van der Waals surface area (Å²) in [6, 6.07) is 32.9. The molecule has 0 aromatic heterocycles. The summed E-state index contributed by atoms with van der Waals surface area (Å²) in [6.07, 6.45) is 19.8. The van der Waals surface area contributed by atoms with E-state index >= 15 is 0 Å². The maximum absolute atomic E-state index is 10.1. The van der Waals surface area contributed by atoms with E-state index in [2.05, 4.69) is 104 Å². The zero-order chi connectivity index (χ0) is 50.7. The molecule has 1 unspecified atom stereocenters. The quantitative estimate of drug-likeness (QED) is 0.129. The van der Waals surface area contributed by atoms with Crippen LogP contribution in [0.1, 0.15) is 95.2 Å². The minimum atomic E-state index is -0.265. The molecule has 0 N–H and O–H groups in total. The van der Waals surface area contributed by atoms with Crippen molar-refractivity contribution < 1.29 is 9.47 Å². The van der Waals surface area contributed by atoms with Crippen LogP contribution in [0.4, 0.5) is 11.4 Å². The summed E-state index contributed by atoms with van der Waals surface area (Å²) in [5.41, 5.74) is 22.1. The smallest absolute Gasteiger partial charge is 0.269 e. The number of rotatable bonds is 4. The van der Waals surface area contributed by atoms with Crippen molar-refractivity contribution in [3.05, 3.63) is 210 Å². The zero-order valence-electron chi connectivity index (χ0n) is 42.6. The molecule has 1 atom stereocenters. The summed E-state index contributed by atoms with van der Waals surface area (Å²) in [4.78, 5) is 12.4. The summed E-state index contributed by atoms with van der Waals surface area (Å²) in [6.45, 7) is 24.0. The van der Waals surface area contributed by atoms with E-state index in [1.807, 2.05) is 26.0 Å². The molecule has 8 heteroatoms. The van der Waals surface area contributed by atoms with Gasteiger partial charge in [0.05, 0.1) is 25.3 Å². The van der Waals surface area contributed by atoms with Crippen LogP contribution in [-0.2, 0) is 60.8 Å². The second kappa shape index (κ2) is 17.3. The van der Waals surface area contributed by atoms with E-state index in [4.69, 9.17) is 22.6 Å². The number of aryl methyl sites for hydroxylation is 4. The molecule has 6 aromatic rings. The predicted molar refractivity (Wildman–Crippen MR) is 298 cm³/mol. The second-order valence-electron chi connectivity index (χ2n) is 22.3. The highest BCUT2D eigenvalue weighted by molar-refractivity contribution is 6.00. The zero-order valence-corrected chi connectivity index (χ0v) is 42.6. The van der Waals surface area contributed by atoms with Gasteiger partial charge in [0.15, 0.2) is 0 Å². The van der Waals surface area contributed by atoms with Crippen LogP contribution in [0, 0.1) is 41.2 Å². The van der Waals surface area contributed by atoms with Crippen molar-refractivity contribution in [3.8, 4) is 34.4 Å². The lowest BCUT2D eigenvalue weighted by Crippen LogP contribution is -2.37. The molecule has 1 spiro atoms. The van der Waals surface area contributed by atoms with Crippen molar-refractivity contribution in [2.24, 2.45) is 5.41 Å². The third-order valence-corrected chi connectivity index (χ3v) is 17.5. The molecule has 6 aliphatic heterocycles. The molecule has 8 nitrogen and oxygen atoms in total. The van der Waals surface area contributed by atoms with Crippen LogP contribution in [0.15, 0.2) is 131 Å². The van der Waals surface area contributed by atoms with Crippen LogP contribution in [0.5, 0.6) is 0 Å². The van der Waals surface area contributed by atoms with E-state index in [0.717, 1.165) is 94.1 Å². The fraction of sp³-hybridized carbons (Fsp3) is 0.284. The topological polar surface area (TPSA) is 81.2 Å². The van der Waals surface area contributed by atoms with Gasteiger partial charge in [-0.3, -0.25) is 0 Å². The van der Waals surface area contributed by atoms with Crippen LogP contribution in [0.25, 0.3) is 65.0 Å². The highest BCUT2D eigenvalue weighted by Crippen LogP contribution is 2.54. The first kappa shape index (κ1) is 45.1. The van der Waals surface area contributed by atoms with Crippen molar-refractivity contribution in [2.45, 2.75) is 90.9 Å². The molecular formula is C67H54N6O2. The number of nitriles is 2. The van der Waals surface area contributed by atoms with Crippen molar-refractivity contribution in [1.29, 1.82) is 10.5 Å². The molecule has 8 aliphatic rings. The van der Waals surface area contributed by atoms with E-state index in [-0.39, 0.29) is 16.8 Å². The van der Waals surface area contributed by atoms with E-state index in [1.165, 1.54) is 120 Å². The third-order valence-electron chi connectivity index (χ3n) is 17.5. The van der Waals surface area contributed by atoms with E-state index in [9.17, 15) is 10.5 Å². The van der Waals surface area contributed by atoms with Crippen molar-refractivity contribution in [3.63, 3.8) is 0 Å². The minimum Gasteiger partial charge on any atom is -0.461 e. The third kappa shape index (κ3) is 7.34. The maximum atomic E-state index is 10.1. The Labute approximate surface area is 438 Å². The van der Waals surface area contributed by atoms with Gasteiger partial charge in [-0.1, -0.05) is 30.3 Å². The van der Waals surface area contributed by atoms with Gasteiger partial charge < -0.3 is 19.3 Å². The number of anilines is 2. The molecule has 0 saturated heterocycles. The number of hydrogen-bond donors (Lipinski definition) is 0. The first-order valence-electron chi connectivity index (χ1n) is 26.9. The monoisotopic (exact) mass is 974 g/mol. The molecular weight excluding hydrogens is 921 g/mol. The molecule has 6 aromatic carbocycles. The van der Waals surface area contributed by atoms with Gasteiger partial charge in [0.2, 0.25) is 0 Å². The average Bonchev–Trinajstić information content (AvgIpc) is 3.44. The summed E-state index contributed by atoms with van der Waals surface area (Å²) < 4.78 is 13.1. The van der Waals surface area contributed by atoms with Crippen molar-refractivity contribution >= 4 is 44.4 Å². The van der Waals surface area contributed by atoms with Crippen LogP contribution in [0.2, 0.25) is 0 Å². The van der Waals surface area contributed by atoms with Gasteiger partial charge >= 0.3 is 0 Å². The maximum Gasteiger partial charge on any atom is 0.269 e. The number of hydrogen-bond acceptors (Lipinski definition) is 6. The first-order valence-corrected chi connectivity index (χ1v) is 26.9. The van der Waals surface area contributed by atoms with E-state index in [0.29, 0.717) is 34.2 Å². The summed E-state index contributed by atoms with van der Waals surface area (Å²) in [5.74, 6) is 2.57. The molecule has 0 fully saturated rings. The van der Waals surface area contributed by atoms with Crippen molar-refractivity contribution in [2.75, 3.05) is 36.0 Å². The summed E-state index contributed by atoms with van der Waals surface area (Å²) >= 11 is 0. The summed E-state index contributed by atoms with van der Waals surface area (Å²) in [7, 11) is 0. The van der Waals surface area contributed by atoms with Gasteiger partial charge in [-0.25, -0.2) is 20.2 Å². The summed E-state index contributed by atoms with van der Waals surface area (Å²) in [5, 5.41) is 25.0. The molecule has 75 heavy (non-hydrogen) atoms. The Bertz CT molecular complexity index is 3900. The van der Waals surface area contributed by atoms with Crippen LogP contribution < -0.4 is 9.80 Å². The molecule has 364 valence electrons. The van der Waals surface area contributed by atoms with Gasteiger partial charge in [-0.2, -0.15) is 0 Å². The van der Waals surface area contributed by atoms with Crippen molar-refractivity contribution in [1.82, 2.24) is 0 Å². The van der Waals surface area contributed by atoms with Gasteiger partial charge in [0.1, 0.15) is 23.0 Å². The molecule has 0 radical (unpaired) electrons. The molecule has 0 amide bonds. The predicted octanol–water partition coefficient (Wildman–Crippen LogP) is 14.6. The van der Waals surface area contributed by atoms with Gasteiger partial charge in [0, 0.05) is 48.7 Å². The molecule has 14 rings (SSSR count). The van der Waals surface area contributed by atoms with Gasteiger partial charge in [-0.05, 0) is 263 Å². The Morgan fingerprint density at radius 1 is 0.507 bits per heavy atom. The fourth-order valence-electron chi connectivity index (χ4n) is 14.7. The lowest BCUT2D eigenvalue weighted by molar-refractivity contribution is 0.267. The number of benzene rings is 6.